The molecule has 39 heteroatoms. The number of unbranched alkanes of at least 4 members (excludes halogenated alkanes) is 2. The average molecular weight is 1700 g/mol. The first-order valence-corrected chi connectivity index (χ1v) is 40.6. The number of aryl methyl sites for hydroxylation is 1. The number of carbonyl (C=O) groups is 7. The van der Waals surface area contributed by atoms with Crippen molar-refractivity contribution in [3.05, 3.63) is 91.0 Å². The number of hydrogen-bond donors (Lipinski definition) is 10. The molecule has 0 saturated carbocycles. The number of carbonyl (C=O) groups excluding carboxylic acids is 6. The van der Waals surface area contributed by atoms with Crippen molar-refractivity contribution in [1.82, 2.24) is 36.1 Å². The van der Waals surface area contributed by atoms with Crippen molar-refractivity contribution in [2.24, 2.45) is 5.16 Å². The summed E-state index contributed by atoms with van der Waals surface area (Å²) in [5.41, 5.74) is 1.78. The maximum absolute atomic E-state index is 15.7. The Kier molecular flexibility index (Phi) is 42.0. The highest BCUT2D eigenvalue weighted by atomic mass is 19.1. The predicted molar refractivity (Wildman–Crippen MR) is 423 cm³/mol. The summed E-state index contributed by atoms with van der Waals surface area (Å²) in [5, 5.41) is 71.5. The minimum Gasteiger partial charge on any atom is -0.479 e. The molecule has 668 valence electrons. The van der Waals surface area contributed by atoms with Crippen LogP contribution in [0.5, 0.6) is 5.75 Å². The molecule has 8 unspecified atom stereocenters. The largest absolute Gasteiger partial charge is 0.479 e. The number of pyridine rings is 2. The number of alkyl carbamates (subject to hydrolysis) is 1. The number of ether oxygens (including phenoxy) is 16. The molecule has 0 bridgehead atoms. The van der Waals surface area contributed by atoms with E-state index in [-0.39, 0.29) is 124 Å². The zero-order valence-corrected chi connectivity index (χ0v) is 68.9. The van der Waals surface area contributed by atoms with Crippen LogP contribution in [0.2, 0.25) is 0 Å². The first-order chi connectivity index (χ1) is 58.1. The zero-order valence-electron chi connectivity index (χ0n) is 68.9. The summed E-state index contributed by atoms with van der Waals surface area (Å²) in [6, 6.07) is 5.00. The number of oxime groups is 1. The van der Waals surface area contributed by atoms with E-state index in [0.29, 0.717) is 198 Å². The van der Waals surface area contributed by atoms with Crippen molar-refractivity contribution in [3.63, 3.8) is 0 Å². The van der Waals surface area contributed by atoms with Gasteiger partial charge in [-0.2, -0.15) is 0 Å². The van der Waals surface area contributed by atoms with Crippen molar-refractivity contribution in [2.75, 3.05) is 179 Å². The molecule has 1 saturated heterocycles. The van der Waals surface area contributed by atoms with Gasteiger partial charge in [0.2, 0.25) is 29.9 Å². The maximum Gasteiger partial charge on any atom is 0.407 e. The number of methoxy groups -OCH3 is 1. The molecule has 1 aliphatic carbocycles. The van der Waals surface area contributed by atoms with E-state index in [0.717, 1.165) is 12.1 Å². The van der Waals surface area contributed by atoms with E-state index >= 15 is 4.39 Å². The van der Waals surface area contributed by atoms with Crippen LogP contribution in [0.1, 0.15) is 129 Å². The number of hydrogen-bond acceptors (Lipinski definition) is 31. The smallest absolute Gasteiger partial charge is 0.407 e. The molecule has 5 amide bonds. The van der Waals surface area contributed by atoms with Gasteiger partial charge >= 0.3 is 18.0 Å². The third-order valence-electron chi connectivity index (χ3n) is 20.0. The number of rotatable bonds is 60. The molecule has 0 radical (unpaired) electrons. The van der Waals surface area contributed by atoms with Crippen LogP contribution in [-0.4, -0.2) is 298 Å². The van der Waals surface area contributed by atoms with E-state index in [4.69, 9.17) is 85.6 Å². The van der Waals surface area contributed by atoms with Gasteiger partial charge in [-0.15, -0.1) is 0 Å². The standard InChI is InChI=1S/C81H117FN8O30/c1-6-51(3)89-118-19-10-8-9-11-67(93)86-62(47-85-66(92)17-20-105-23-24-107-27-28-109-31-32-111-35-36-113-39-40-115-42-41-114-38-37-112-34-33-110-30-29-108-26-25-106-22-21-104-5)75(97)83-18-16-65(91)84-46-54-43-53(12-15-64(54)119-78-73(96)71(94)72(95)74(120-78)77(99)100)49-117-80(102)88-60-14-13-55-52(4)59(82)45-61-68(55)69(60)56-48-90-63(70(56)87-61)44-58-57(76(90)98)50-116-79(101)81(58,103)7-2/h12,15,43-45,60,62,71-74,78,94-96,103H,6-11,13-14,16-42,46-50H2,1-5H3,(H,83,97)(H,84,91)(H,85,92)(H,86,93)(H,88,102)(H,99,100)/b89-51+. The lowest BCUT2D eigenvalue weighted by Gasteiger charge is -2.38. The monoisotopic (exact) mass is 1700 g/mol. The highest BCUT2D eigenvalue weighted by Crippen LogP contribution is 2.46. The Labute approximate surface area is 694 Å². The average Bonchev–Trinajstić information content (AvgIpc) is 1.68. The molecule has 0 spiro atoms. The Morgan fingerprint density at radius 3 is 1.83 bits per heavy atom. The van der Waals surface area contributed by atoms with Crippen LogP contribution in [0.4, 0.5) is 9.18 Å². The Bertz CT molecular complexity index is 4040. The zero-order chi connectivity index (χ0) is 86.2. The van der Waals surface area contributed by atoms with Gasteiger partial charge < -0.3 is 137 Å². The third kappa shape index (κ3) is 29.9. The summed E-state index contributed by atoms with van der Waals surface area (Å²) in [6.45, 7) is 14.8. The lowest BCUT2D eigenvalue weighted by Crippen LogP contribution is -2.61. The van der Waals surface area contributed by atoms with E-state index in [9.17, 15) is 63.9 Å². The minimum absolute atomic E-state index is 0.0149. The Hall–Kier alpha value is -8.59. The number of halogens is 1. The molecule has 5 heterocycles. The number of cyclic esters (lactones) is 1. The number of fused-ring (bicyclic) bond motifs is 5. The number of aliphatic hydroxyl groups excluding tert-OH is 3. The Balaban J connectivity index is 0.755. The minimum atomic E-state index is -2.11. The van der Waals surface area contributed by atoms with Gasteiger partial charge in [-0.05, 0) is 99.2 Å². The van der Waals surface area contributed by atoms with Crippen LogP contribution < -0.4 is 36.9 Å². The van der Waals surface area contributed by atoms with E-state index in [1.54, 1.807) is 21.0 Å². The molecule has 38 nitrogen and oxygen atoms in total. The predicted octanol–water partition coefficient (Wildman–Crippen LogP) is 2.02. The van der Waals surface area contributed by atoms with Crippen molar-refractivity contribution in [2.45, 2.75) is 167 Å². The summed E-state index contributed by atoms with van der Waals surface area (Å²) in [7, 11) is 1.63. The molecule has 2 aromatic heterocycles. The van der Waals surface area contributed by atoms with Crippen molar-refractivity contribution >= 4 is 58.3 Å². The number of amides is 5. The van der Waals surface area contributed by atoms with Crippen molar-refractivity contribution in [1.29, 1.82) is 0 Å². The molecule has 8 atom stereocenters. The first-order valence-electron chi connectivity index (χ1n) is 40.6. The number of nitrogens with zero attached hydrogens (tertiary/aromatic N) is 3. The summed E-state index contributed by atoms with van der Waals surface area (Å²) in [4.78, 5) is 117. The number of benzene rings is 2. The van der Waals surface area contributed by atoms with Crippen LogP contribution in [-0.2, 0) is 143 Å². The van der Waals surface area contributed by atoms with Gasteiger partial charge in [-0.1, -0.05) is 25.1 Å². The number of aliphatic carboxylic acids is 1. The van der Waals surface area contributed by atoms with E-state index in [1.807, 2.05) is 13.8 Å². The number of nitrogens with one attached hydrogen (secondary N) is 5. The maximum atomic E-state index is 15.7. The second kappa shape index (κ2) is 52.0. The number of aliphatic hydroxyl groups is 4. The summed E-state index contributed by atoms with van der Waals surface area (Å²) < 4.78 is 105. The summed E-state index contributed by atoms with van der Waals surface area (Å²) >= 11 is 0. The van der Waals surface area contributed by atoms with Crippen LogP contribution in [0, 0.1) is 12.7 Å². The van der Waals surface area contributed by atoms with Crippen LogP contribution in [0.3, 0.4) is 0 Å². The number of esters is 1. The lowest BCUT2D eigenvalue weighted by molar-refractivity contribution is -0.271. The second-order valence-electron chi connectivity index (χ2n) is 28.5. The first kappa shape index (κ1) is 96.9. The molecule has 4 aromatic rings. The molecular formula is C81H117FN8O30. The fourth-order valence-electron chi connectivity index (χ4n) is 13.2. The van der Waals surface area contributed by atoms with Gasteiger partial charge in [-0.25, -0.2) is 23.8 Å². The topological polar surface area (TPSA) is 485 Å². The molecule has 8 rings (SSSR count). The third-order valence-corrected chi connectivity index (χ3v) is 20.0. The molecule has 4 aliphatic rings. The van der Waals surface area contributed by atoms with Crippen molar-refractivity contribution in [3.8, 4) is 17.1 Å². The van der Waals surface area contributed by atoms with Crippen LogP contribution in [0.25, 0.3) is 22.3 Å². The fourth-order valence-corrected chi connectivity index (χ4v) is 13.2. The van der Waals surface area contributed by atoms with E-state index < -0.39 is 108 Å². The number of carboxylic acids is 1. The lowest BCUT2D eigenvalue weighted by atomic mass is 9.81. The molecule has 120 heavy (non-hydrogen) atoms. The molecular weight excluding hydrogens is 1580 g/mol. The Morgan fingerprint density at radius 2 is 1.26 bits per heavy atom. The highest BCUT2D eigenvalue weighted by molar-refractivity contribution is 5.94. The Morgan fingerprint density at radius 1 is 0.675 bits per heavy atom. The highest BCUT2D eigenvalue weighted by Gasteiger charge is 2.49. The second-order valence-corrected chi connectivity index (χ2v) is 28.5. The van der Waals surface area contributed by atoms with Gasteiger partial charge in [-0.3, -0.25) is 24.0 Å². The van der Waals surface area contributed by atoms with Crippen molar-refractivity contribution < 1.29 is 144 Å². The van der Waals surface area contributed by atoms with Crippen LogP contribution >= 0.6 is 0 Å². The van der Waals surface area contributed by atoms with Gasteiger partial charge in [0.1, 0.15) is 55.7 Å². The molecule has 1 fully saturated rings. The molecule has 3 aliphatic heterocycles. The SMILES string of the molecule is CC/C(C)=N/OCCCCCC(=O)NC(CNC(=O)CCOCCOCCOCCOCCOCCOCCOCCOCCOCCOCCOCCOC)C(=O)NCCC(=O)NCc1cc(COC(=O)NC2CCc3c(C)c(F)cc4nc5c(c2c34)Cn2c-5cc3c(c2=O)COC(=O)C3(O)CC)ccc1OC1OC(C(=O)O)C(O)C(O)C1O. The summed E-state index contributed by atoms with van der Waals surface area (Å²) in [6.07, 6.45) is -8.37. The van der Waals surface area contributed by atoms with Gasteiger partial charge in [0.25, 0.3) is 5.56 Å². The summed E-state index contributed by atoms with van der Waals surface area (Å²) in [5.74, 6) is -5.54. The molecule has 10 N–H and O–H groups in total. The molecule has 2 aromatic carbocycles. The van der Waals surface area contributed by atoms with Gasteiger partial charge in [0, 0.05) is 74.1 Å². The number of carboxylic acid groups (broad SMARTS) is 1. The normalized spacial score (nSPS) is 18.8. The van der Waals surface area contributed by atoms with Gasteiger partial charge in [0.05, 0.1) is 193 Å². The fraction of sp³-hybridized carbons (Fsp3) is 0.654. The van der Waals surface area contributed by atoms with Gasteiger partial charge in [0.15, 0.2) is 11.7 Å². The van der Waals surface area contributed by atoms with Crippen LogP contribution in [0.15, 0.2) is 40.3 Å². The number of aromatic nitrogens is 2. The van der Waals surface area contributed by atoms with E-state index in [2.05, 4.69) is 31.7 Å². The quantitative estimate of drug-likeness (QED) is 0.0115. The van der Waals surface area contributed by atoms with E-state index in [1.165, 1.54) is 34.9 Å².